The Labute approximate surface area is 202 Å². The van der Waals surface area contributed by atoms with Gasteiger partial charge in [0.05, 0.1) is 25.7 Å². The minimum absolute atomic E-state index is 0.161. The van der Waals surface area contributed by atoms with Crippen LogP contribution < -0.4 is 14.8 Å². The van der Waals surface area contributed by atoms with Crippen LogP contribution >= 0.6 is 11.8 Å². The van der Waals surface area contributed by atoms with E-state index >= 15 is 0 Å². The summed E-state index contributed by atoms with van der Waals surface area (Å²) in [5.41, 5.74) is 3.80. The van der Waals surface area contributed by atoms with E-state index in [4.69, 9.17) is 9.47 Å². The van der Waals surface area contributed by atoms with Gasteiger partial charge in [-0.15, -0.1) is 10.2 Å². The van der Waals surface area contributed by atoms with Crippen molar-refractivity contribution < 1.29 is 14.3 Å². The van der Waals surface area contributed by atoms with E-state index in [0.717, 1.165) is 17.2 Å². The molecule has 0 radical (unpaired) electrons. The lowest BCUT2D eigenvalue weighted by atomic mass is 10.2. The van der Waals surface area contributed by atoms with Crippen molar-refractivity contribution in [3.05, 3.63) is 77.9 Å². The van der Waals surface area contributed by atoms with Gasteiger partial charge in [0.15, 0.2) is 5.16 Å². The molecule has 0 aliphatic heterocycles. The second-order valence-electron chi connectivity index (χ2n) is 7.76. The highest BCUT2D eigenvalue weighted by molar-refractivity contribution is 7.99. The van der Waals surface area contributed by atoms with Crippen LogP contribution in [0.5, 0.6) is 11.5 Å². The number of amides is 1. The molecule has 0 aliphatic rings. The molecular formula is C25H27N5O3S. The maximum atomic E-state index is 12.8. The number of carbonyl (C=O) groups is 1. The first-order valence-corrected chi connectivity index (χ1v) is 11.7. The number of benzene rings is 2. The highest BCUT2D eigenvalue weighted by Crippen LogP contribution is 2.30. The molecule has 0 atom stereocenters. The lowest BCUT2D eigenvalue weighted by molar-refractivity contribution is -0.113. The van der Waals surface area contributed by atoms with Gasteiger partial charge < -0.3 is 19.4 Å². The molecule has 0 saturated carbocycles. The van der Waals surface area contributed by atoms with Gasteiger partial charge in [-0.05, 0) is 43.3 Å². The van der Waals surface area contributed by atoms with Crippen molar-refractivity contribution in [3.63, 3.8) is 0 Å². The van der Waals surface area contributed by atoms with Crippen molar-refractivity contribution >= 4 is 23.4 Å². The van der Waals surface area contributed by atoms with Gasteiger partial charge in [0.25, 0.3) is 0 Å². The summed E-state index contributed by atoms with van der Waals surface area (Å²) in [6, 6.07) is 17.5. The predicted octanol–water partition coefficient (Wildman–Crippen LogP) is 4.25. The molecular weight excluding hydrogens is 450 g/mol. The van der Waals surface area contributed by atoms with Gasteiger partial charge in [0.2, 0.25) is 5.91 Å². The minimum atomic E-state index is -0.181. The topological polar surface area (TPSA) is 83.2 Å². The number of rotatable bonds is 9. The number of aromatic nitrogens is 4. The minimum Gasteiger partial charge on any atom is -0.497 e. The van der Waals surface area contributed by atoms with Gasteiger partial charge in [0.1, 0.15) is 17.3 Å². The molecule has 0 spiro atoms. The molecule has 2 heterocycles. The zero-order chi connectivity index (χ0) is 24.1. The summed E-state index contributed by atoms with van der Waals surface area (Å²) >= 11 is 1.33. The Morgan fingerprint density at radius 2 is 1.85 bits per heavy atom. The first-order chi connectivity index (χ1) is 16.5. The third-order valence-electron chi connectivity index (χ3n) is 5.40. The highest BCUT2D eigenvalue weighted by Gasteiger charge is 2.18. The Hall–Kier alpha value is -3.72. The third kappa shape index (κ3) is 5.26. The van der Waals surface area contributed by atoms with Crippen LogP contribution in [0.15, 0.2) is 66.0 Å². The smallest absolute Gasteiger partial charge is 0.234 e. The van der Waals surface area contributed by atoms with Gasteiger partial charge >= 0.3 is 0 Å². The van der Waals surface area contributed by atoms with Crippen LogP contribution in [-0.4, -0.2) is 45.2 Å². The molecule has 0 fully saturated rings. The number of nitrogens with zero attached hydrogens (tertiary/aromatic N) is 4. The molecule has 34 heavy (non-hydrogen) atoms. The molecule has 0 saturated heterocycles. The van der Waals surface area contributed by atoms with Crippen molar-refractivity contribution in [1.29, 1.82) is 0 Å². The first kappa shape index (κ1) is 23.4. The molecule has 8 nitrogen and oxygen atoms in total. The Morgan fingerprint density at radius 3 is 2.53 bits per heavy atom. The molecule has 0 bridgehead atoms. The van der Waals surface area contributed by atoms with Crippen molar-refractivity contribution in [2.45, 2.75) is 18.5 Å². The average Bonchev–Trinajstić information content (AvgIpc) is 3.44. The molecule has 1 amide bonds. The largest absolute Gasteiger partial charge is 0.497 e. The fraction of sp³-hybridized carbons (Fsp3) is 0.240. The number of thioether (sulfide) groups is 1. The highest BCUT2D eigenvalue weighted by atomic mass is 32.2. The van der Waals surface area contributed by atoms with Crippen LogP contribution in [0.3, 0.4) is 0 Å². The van der Waals surface area contributed by atoms with Crippen LogP contribution in [0.1, 0.15) is 17.1 Å². The van der Waals surface area contributed by atoms with Gasteiger partial charge in [-0.2, -0.15) is 0 Å². The lowest BCUT2D eigenvalue weighted by Gasteiger charge is -2.13. The lowest BCUT2D eigenvalue weighted by Crippen LogP contribution is -2.15. The van der Waals surface area contributed by atoms with Crippen molar-refractivity contribution in [2.24, 2.45) is 7.05 Å². The third-order valence-corrected chi connectivity index (χ3v) is 6.33. The second-order valence-corrected chi connectivity index (χ2v) is 8.70. The summed E-state index contributed by atoms with van der Waals surface area (Å²) in [6.45, 7) is 2.05. The molecule has 4 rings (SSSR count). The molecule has 0 aliphatic carbocycles. The molecule has 4 aromatic rings. The quantitative estimate of drug-likeness (QED) is 0.363. The van der Waals surface area contributed by atoms with E-state index in [1.807, 2.05) is 42.9 Å². The Bertz CT molecular complexity index is 1280. The van der Waals surface area contributed by atoms with Crippen molar-refractivity contribution in [2.75, 3.05) is 25.3 Å². The van der Waals surface area contributed by atoms with Crippen LogP contribution in [0.25, 0.3) is 5.69 Å². The molecule has 176 valence electrons. The number of anilines is 1. The molecule has 9 heteroatoms. The van der Waals surface area contributed by atoms with Gasteiger partial charge in [0, 0.05) is 37.1 Å². The zero-order valence-corrected chi connectivity index (χ0v) is 20.4. The standard InChI is InChI=1S/C25H27N5O3S/c1-17-7-9-18(10-8-17)30-23(14-19-6-5-13-29(19)2)27-28-25(30)34-16-24(31)26-21-15-20(32-3)11-12-22(21)33-4/h5-13,15H,14,16H2,1-4H3,(H,26,31). The number of ether oxygens (including phenoxy) is 2. The Kier molecular flexibility index (Phi) is 7.22. The number of carbonyl (C=O) groups excluding carboxylic acids is 1. The summed E-state index contributed by atoms with van der Waals surface area (Å²) in [7, 11) is 5.15. The number of hydrogen-bond donors (Lipinski definition) is 1. The first-order valence-electron chi connectivity index (χ1n) is 10.7. The average molecular weight is 478 g/mol. The van der Waals surface area contributed by atoms with E-state index in [1.165, 1.54) is 17.3 Å². The van der Waals surface area contributed by atoms with Crippen LogP contribution in [0.2, 0.25) is 0 Å². The molecule has 1 N–H and O–H groups in total. The number of hydrogen-bond acceptors (Lipinski definition) is 6. The fourth-order valence-electron chi connectivity index (χ4n) is 3.53. The van der Waals surface area contributed by atoms with E-state index in [2.05, 4.69) is 38.3 Å². The molecule has 2 aromatic carbocycles. The number of nitrogens with one attached hydrogen (secondary N) is 1. The Balaban J connectivity index is 1.55. The van der Waals surface area contributed by atoms with Gasteiger partial charge in [-0.25, -0.2) is 0 Å². The van der Waals surface area contributed by atoms with Crippen LogP contribution in [0, 0.1) is 6.92 Å². The summed E-state index contributed by atoms with van der Waals surface area (Å²) in [5, 5.41) is 12.4. The van der Waals surface area contributed by atoms with E-state index in [-0.39, 0.29) is 11.7 Å². The predicted molar refractivity (Wildman–Crippen MR) is 133 cm³/mol. The van der Waals surface area contributed by atoms with Gasteiger partial charge in [-0.1, -0.05) is 29.5 Å². The summed E-state index contributed by atoms with van der Waals surface area (Å²) < 4.78 is 14.7. The van der Waals surface area contributed by atoms with E-state index < -0.39 is 0 Å². The summed E-state index contributed by atoms with van der Waals surface area (Å²) in [4.78, 5) is 12.8. The van der Waals surface area contributed by atoms with Crippen LogP contribution in [-0.2, 0) is 18.3 Å². The van der Waals surface area contributed by atoms with E-state index in [1.54, 1.807) is 32.4 Å². The summed E-state index contributed by atoms with van der Waals surface area (Å²) in [6.07, 6.45) is 2.63. The fourth-order valence-corrected chi connectivity index (χ4v) is 4.30. The number of methoxy groups -OCH3 is 2. The van der Waals surface area contributed by atoms with E-state index in [0.29, 0.717) is 28.8 Å². The van der Waals surface area contributed by atoms with Gasteiger partial charge in [-0.3, -0.25) is 9.36 Å². The second kappa shape index (κ2) is 10.5. The van der Waals surface area contributed by atoms with Crippen molar-refractivity contribution in [1.82, 2.24) is 19.3 Å². The van der Waals surface area contributed by atoms with Crippen molar-refractivity contribution in [3.8, 4) is 17.2 Å². The maximum absolute atomic E-state index is 12.8. The van der Waals surface area contributed by atoms with E-state index in [9.17, 15) is 4.79 Å². The summed E-state index contributed by atoms with van der Waals surface area (Å²) in [5.74, 6) is 1.98. The van der Waals surface area contributed by atoms with Crippen LogP contribution in [0.4, 0.5) is 5.69 Å². The maximum Gasteiger partial charge on any atom is 0.234 e. The normalized spacial score (nSPS) is 10.8. The molecule has 0 unspecified atom stereocenters. The number of aryl methyl sites for hydroxylation is 2. The Morgan fingerprint density at radius 1 is 1.06 bits per heavy atom. The molecule has 2 aromatic heterocycles. The monoisotopic (exact) mass is 477 g/mol. The zero-order valence-electron chi connectivity index (χ0n) is 19.6. The SMILES string of the molecule is COc1ccc(OC)c(NC(=O)CSc2nnc(Cc3cccn3C)n2-c2ccc(C)cc2)c1.